The first-order chi connectivity index (χ1) is 16.5. The molecule has 0 aliphatic carbocycles. The molecule has 2 amide bonds. The number of hydrogen-bond donors (Lipinski definition) is 1. The summed E-state index contributed by atoms with van der Waals surface area (Å²) in [5, 5.41) is 3.15. The zero-order chi connectivity index (χ0) is 24.1. The highest BCUT2D eigenvalue weighted by Crippen LogP contribution is 2.36. The van der Waals surface area contributed by atoms with Gasteiger partial charge in [0.05, 0.1) is 32.9 Å². The van der Waals surface area contributed by atoms with Crippen LogP contribution in [0.5, 0.6) is 17.2 Å². The van der Waals surface area contributed by atoms with Crippen LogP contribution in [-0.4, -0.2) is 42.5 Å². The van der Waals surface area contributed by atoms with Crippen LogP contribution in [0.4, 0.5) is 5.69 Å². The van der Waals surface area contributed by atoms with Gasteiger partial charge in [0.1, 0.15) is 11.4 Å². The predicted molar refractivity (Wildman–Crippen MR) is 127 cm³/mol. The zero-order valence-electron chi connectivity index (χ0n) is 19.2. The Morgan fingerprint density at radius 3 is 2.47 bits per heavy atom. The summed E-state index contributed by atoms with van der Waals surface area (Å²) < 4.78 is 16.3. The molecule has 0 unspecified atom stereocenters. The van der Waals surface area contributed by atoms with Gasteiger partial charge in [0.25, 0.3) is 11.8 Å². The normalized spacial score (nSPS) is 13.3. The fourth-order valence-corrected chi connectivity index (χ4v) is 3.74. The SMILES string of the molecule is CCOc1cccc(NC2=C(c3ccc(OC)c(OC)c3)C(=O)N(Cc3cccnc3)C2=O)c1. The number of rotatable bonds is 9. The Balaban J connectivity index is 1.77. The highest BCUT2D eigenvalue weighted by Gasteiger charge is 2.39. The number of carbonyl (C=O) groups excluding carboxylic acids is 2. The van der Waals surface area contributed by atoms with E-state index in [1.54, 1.807) is 42.7 Å². The summed E-state index contributed by atoms with van der Waals surface area (Å²) >= 11 is 0. The standard InChI is InChI=1S/C26H25N3O5/c1-4-34-20-9-5-8-19(14-20)28-24-23(18-10-11-21(32-2)22(13-18)33-3)25(30)29(26(24)31)16-17-7-6-12-27-15-17/h5-15,28H,4,16H2,1-3H3. The van der Waals surface area contributed by atoms with Gasteiger partial charge >= 0.3 is 0 Å². The molecule has 174 valence electrons. The van der Waals surface area contributed by atoms with Crippen molar-refractivity contribution in [3.63, 3.8) is 0 Å². The van der Waals surface area contributed by atoms with E-state index in [0.29, 0.717) is 35.1 Å². The topological polar surface area (TPSA) is 90.0 Å². The maximum atomic E-state index is 13.5. The minimum Gasteiger partial charge on any atom is -0.494 e. The summed E-state index contributed by atoms with van der Waals surface area (Å²) in [6, 6.07) is 15.9. The fraction of sp³-hybridized carbons (Fsp3) is 0.192. The van der Waals surface area contributed by atoms with Crippen molar-refractivity contribution in [3.8, 4) is 17.2 Å². The zero-order valence-corrected chi connectivity index (χ0v) is 19.2. The lowest BCUT2D eigenvalue weighted by atomic mass is 10.0. The molecule has 8 nitrogen and oxygen atoms in total. The van der Waals surface area contributed by atoms with Gasteiger partial charge in [0.2, 0.25) is 0 Å². The van der Waals surface area contributed by atoms with E-state index < -0.39 is 11.8 Å². The summed E-state index contributed by atoms with van der Waals surface area (Å²) in [7, 11) is 3.06. The average molecular weight is 460 g/mol. The predicted octanol–water partition coefficient (Wildman–Crippen LogP) is 3.89. The fourth-order valence-electron chi connectivity index (χ4n) is 3.74. The van der Waals surface area contributed by atoms with E-state index in [2.05, 4.69) is 10.3 Å². The number of methoxy groups -OCH3 is 2. The number of amides is 2. The molecule has 0 fully saturated rings. The maximum absolute atomic E-state index is 13.5. The Bertz CT molecular complexity index is 1240. The van der Waals surface area contributed by atoms with Crippen LogP contribution in [0, 0.1) is 0 Å². The molecule has 3 aromatic rings. The number of nitrogens with zero attached hydrogens (tertiary/aromatic N) is 2. The van der Waals surface area contributed by atoms with Gasteiger partial charge in [-0.15, -0.1) is 0 Å². The summed E-state index contributed by atoms with van der Waals surface area (Å²) in [6.45, 7) is 2.51. The molecule has 1 N–H and O–H groups in total. The van der Waals surface area contributed by atoms with Crippen molar-refractivity contribution in [1.29, 1.82) is 0 Å². The molecule has 2 aromatic carbocycles. The van der Waals surface area contributed by atoms with Gasteiger partial charge in [-0.25, -0.2) is 0 Å². The maximum Gasteiger partial charge on any atom is 0.278 e. The van der Waals surface area contributed by atoms with Crippen LogP contribution in [0.2, 0.25) is 0 Å². The quantitative estimate of drug-likeness (QED) is 0.486. The average Bonchev–Trinajstić information content (AvgIpc) is 3.09. The molecule has 1 aliphatic heterocycles. The van der Waals surface area contributed by atoms with E-state index in [-0.39, 0.29) is 17.8 Å². The molecule has 8 heteroatoms. The Morgan fingerprint density at radius 2 is 1.76 bits per heavy atom. The number of aromatic nitrogens is 1. The second-order valence-corrected chi connectivity index (χ2v) is 7.46. The highest BCUT2D eigenvalue weighted by molar-refractivity contribution is 6.36. The van der Waals surface area contributed by atoms with E-state index in [1.165, 1.54) is 19.1 Å². The molecule has 0 saturated carbocycles. The number of anilines is 1. The molecular weight excluding hydrogens is 434 g/mol. The van der Waals surface area contributed by atoms with Crippen LogP contribution in [-0.2, 0) is 16.1 Å². The molecule has 1 aliphatic rings. The number of benzene rings is 2. The lowest BCUT2D eigenvalue weighted by Gasteiger charge is -2.15. The van der Waals surface area contributed by atoms with Crippen molar-refractivity contribution in [2.75, 3.05) is 26.1 Å². The summed E-state index contributed by atoms with van der Waals surface area (Å²) in [6.07, 6.45) is 3.27. The molecule has 0 radical (unpaired) electrons. The first-order valence-electron chi connectivity index (χ1n) is 10.8. The van der Waals surface area contributed by atoms with Crippen LogP contribution in [0.25, 0.3) is 5.57 Å². The number of nitrogens with one attached hydrogen (secondary N) is 1. The summed E-state index contributed by atoms with van der Waals surface area (Å²) in [4.78, 5) is 32.3. The Hall–Kier alpha value is -4.33. The lowest BCUT2D eigenvalue weighted by molar-refractivity contribution is -0.137. The van der Waals surface area contributed by atoms with Gasteiger partial charge in [0, 0.05) is 24.1 Å². The minimum absolute atomic E-state index is 0.104. The smallest absolute Gasteiger partial charge is 0.278 e. The van der Waals surface area contributed by atoms with Gasteiger partial charge in [0.15, 0.2) is 11.5 Å². The number of carbonyl (C=O) groups is 2. The number of imide groups is 1. The number of ether oxygens (including phenoxy) is 3. The van der Waals surface area contributed by atoms with Crippen molar-refractivity contribution in [1.82, 2.24) is 9.88 Å². The van der Waals surface area contributed by atoms with Gasteiger partial charge in [-0.2, -0.15) is 0 Å². The molecule has 0 atom stereocenters. The van der Waals surface area contributed by atoms with Gasteiger partial charge in [-0.3, -0.25) is 19.5 Å². The lowest BCUT2D eigenvalue weighted by Crippen LogP contribution is -2.32. The molecule has 0 saturated heterocycles. The molecular formula is C26H25N3O5. The van der Waals surface area contributed by atoms with E-state index in [4.69, 9.17) is 14.2 Å². The number of hydrogen-bond acceptors (Lipinski definition) is 7. The molecule has 0 spiro atoms. The van der Waals surface area contributed by atoms with Crippen molar-refractivity contribution in [3.05, 3.63) is 83.8 Å². The summed E-state index contributed by atoms with van der Waals surface area (Å²) in [5.41, 5.74) is 2.33. The van der Waals surface area contributed by atoms with E-state index in [1.807, 2.05) is 31.2 Å². The van der Waals surface area contributed by atoms with Gasteiger partial charge in [-0.1, -0.05) is 18.2 Å². The molecule has 1 aromatic heterocycles. The minimum atomic E-state index is -0.430. The van der Waals surface area contributed by atoms with E-state index >= 15 is 0 Å². The first kappa shape index (κ1) is 22.8. The molecule has 34 heavy (non-hydrogen) atoms. The molecule has 2 heterocycles. The van der Waals surface area contributed by atoms with Gasteiger partial charge < -0.3 is 19.5 Å². The Morgan fingerprint density at radius 1 is 0.941 bits per heavy atom. The second kappa shape index (κ2) is 10.1. The Kier molecular flexibility index (Phi) is 6.77. The Labute approximate surface area is 197 Å². The van der Waals surface area contributed by atoms with Gasteiger partial charge in [-0.05, 0) is 48.4 Å². The third-order valence-corrected chi connectivity index (χ3v) is 5.32. The molecule has 0 bridgehead atoms. The monoisotopic (exact) mass is 459 g/mol. The van der Waals surface area contributed by atoms with Crippen LogP contribution in [0.1, 0.15) is 18.1 Å². The first-order valence-corrected chi connectivity index (χ1v) is 10.8. The van der Waals surface area contributed by atoms with E-state index in [0.717, 1.165) is 5.56 Å². The summed E-state index contributed by atoms with van der Waals surface area (Å²) in [5.74, 6) is 0.792. The third-order valence-electron chi connectivity index (χ3n) is 5.32. The van der Waals surface area contributed by atoms with E-state index in [9.17, 15) is 9.59 Å². The van der Waals surface area contributed by atoms with Crippen molar-refractivity contribution >= 4 is 23.1 Å². The van der Waals surface area contributed by atoms with Crippen molar-refractivity contribution in [2.24, 2.45) is 0 Å². The third kappa shape index (κ3) is 4.56. The largest absolute Gasteiger partial charge is 0.494 e. The van der Waals surface area contributed by atoms with Crippen LogP contribution >= 0.6 is 0 Å². The van der Waals surface area contributed by atoms with Crippen LogP contribution < -0.4 is 19.5 Å². The number of pyridine rings is 1. The second-order valence-electron chi connectivity index (χ2n) is 7.46. The van der Waals surface area contributed by atoms with Crippen molar-refractivity contribution in [2.45, 2.75) is 13.5 Å². The van der Waals surface area contributed by atoms with Crippen LogP contribution in [0.15, 0.2) is 72.7 Å². The van der Waals surface area contributed by atoms with Crippen LogP contribution in [0.3, 0.4) is 0 Å². The van der Waals surface area contributed by atoms with Crippen molar-refractivity contribution < 1.29 is 23.8 Å². The molecule has 4 rings (SSSR count). The highest BCUT2D eigenvalue weighted by atomic mass is 16.5.